The van der Waals surface area contributed by atoms with Crippen LogP contribution in [-0.2, 0) is 10.2 Å². The molecule has 2 aliphatic heterocycles. The van der Waals surface area contributed by atoms with E-state index in [4.69, 9.17) is 0 Å². The molecule has 0 radical (unpaired) electrons. The number of rotatable bonds is 2. The molecule has 2 heterocycles. The summed E-state index contributed by atoms with van der Waals surface area (Å²) in [6.45, 7) is 0.183. The van der Waals surface area contributed by atoms with Crippen LogP contribution >= 0.6 is 0 Å². The van der Waals surface area contributed by atoms with Crippen molar-refractivity contribution in [2.75, 3.05) is 41.3 Å². The number of likely N-dealkylation sites (N-methyl/N-ethyl adjacent to an activating group) is 4. The van der Waals surface area contributed by atoms with Gasteiger partial charge in [-0.3, -0.25) is 9.80 Å². The van der Waals surface area contributed by atoms with Gasteiger partial charge in [-0.2, -0.15) is 8.42 Å². The van der Waals surface area contributed by atoms with Gasteiger partial charge in [0.05, 0.1) is 13.1 Å². The van der Waals surface area contributed by atoms with Crippen molar-refractivity contribution in [1.29, 1.82) is 0 Å². The Hall–Kier alpha value is -2.17. The number of carbonyl (C=O) groups is 2. The molecule has 0 aromatic heterocycles. The molecule has 0 aromatic rings. The van der Waals surface area contributed by atoms with Crippen LogP contribution in [0.2, 0.25) is 0 Å². The minimum atomic E-state index is -4.17. The quantitative estimate of drug-likeness (QED) is 0.653. The normalized spacial score (nSPS) is 24.2. The second kappa shape index (κ2) is 4.98. The molecule has 2 rings (SSSR count). The molecule has 11 heteroatoms. The van der Waals surface area contributed by atoms with Crippen molar-refractivity contribution in [1.82, 2.24) is 19.6 Å². The molecule has 0 spiro atoms. The van der Waals surface area contributed by atoms with Crippen LogP contribution < -0.4 is 0 Å². The third kappa shape index (κ3) is 2.82. The van der Waals surface area contributed by atoms with Crippen molar-refractivity contribution < 1.29 is 18.0 Å². The Balaban J connectivity index is 2.29. The van der Waals surface area contributed by atoms with Crippen LogP contribution in [0.5, 0.6) is 0 Å². The van der Waals surface area contributed by atoms with Crippen molar-refractivity contribution in [3.05, 3.63) is 0 Å². The Bertz CT molecular complexity index is 604. The van der Waals surface area contributed by atoms with Gasteiger partial charge in [0, 0.05) is 28.2 Å². The van der Waals surface area contributed by atoms with Gasteiger partial charge in [0.1, 0.15) is 11.7 Å². The molecule has 2 aliphatic rings. The number of carbonyl (C=O) groups excluding carboxylic acids is 2. The lowest BCUT2D eigenvalue weighted by Crippen LogP contribution is -2.28. The van der Waals surface area contributed by atoms with Gasteiger partial charge in [0.25, 0.3) is 0 Å². The standard InChI is InChI=1S/C10H16N6O4S/c1-13-5-7(15(3)9(13)17)11-21(19,20)12-8-6-14(2)10(18)16(8)4/h5-6H2,1-4H3. The van der Waals surface area contributed by atoms with E-state index in [1.54, 1.807) is 0 Å². The second-order valence-electron chi connectivity index (χ2n) is 4.86. The minimum Gasteiger partial charge on any atom is -0.320 e. The number of amides is 4. The highest BCUT2D eigenvalue weighted by atomic mass is 32.2. The van der Waals surface area contributed by atoms with Gasteiger partial charge in [-0.05, 0) is 0 Å². The molecular formula is C10H16N6O4S. The van der Waals surface area contributed by atoms with Crippen molar-refractivity contribution in [2.24, 2.45) is 8.80 Å². The largest absolute Gasteiger partial charge is 0.366 e. The molecule has 0 aliphatic carbocycles. The lowest BCUT2D eigenvalue weighted by Gasteiger charge is -2.08. The average molecular weight is 316 g/mol. The van der Waals surface area contributed by atoms with Crippen molar-refractivity contribution in [3.63, 3.8) is 0 Å². The van der Waals surface area contributed by atoms with Crippen LogP contribution in [0.4, 0.5) is 9.59 Å². The summed E-state index contributed by atoms with van der Waals surface area (Å²) in [5, 5.41) is 0. The summed E-state index contributed by atoms with van der Waals surface area (Å²) < 4.78 is 31.0. The maximum Gasteiger partial charge on any atom is 0.366 e. The van der Waals surface area contributed by atoms with Crippen LogP contribution in [0.3, 0.4) is 0 Å². The van der Waals surface area contributed by atoms with Gasteiger partial charge >= 0.3 is 22.3 Å². The van der Waals surface area contributed by atoms with Gasteiger partial charge in [-0.1, -0.05) is 0 Å². The number of nitrogens with zero attached hydrogens (tertiary/aromatic N) is 6. The van der Waals surface area contributed by atoms with E-state index >= 15 is 0 Å². The Morgan fingerprint density at radius 3 is 1.38 bits per heavy atom. The summed E-state index contributed by atoms with van der Waals surface area (Å²) in [5.74, 6) is 0.180. The van der Waals surface area contributed by atoms with Crippen LogP contribution in [0, 0.1) is 0 Å². The highest BCUT2D eigenvalue weighted by Crippen LogP contribution is 2.12. The summed E-state index contributed by atoms with van der Waals surface area (Å²) in [7, 11) is 1.78. The highest BCUT2D eigenvalue weighted by Gasteiger charge is 2.32. The summed E-state index contributed by atoms with van der Waals surface area (Å²) in [4.78, 5) is 28.1. The Morgan fingerprint density at radius 1 is 0.810 bits per heavy atom. The van der Waals surface area contributed by atoms with Gasteiger partial charge in [0.15, 0.2) is 0 Å². The molecular weight excluding hydrogens is 300 g/mol. The first-order valence-corrected chi connectivity index (χ1v) is 7.42. The molecule has 10 nitrogen and oxygen atoms in total. The fourth-order valence-electron chi connectivity index (χ4n) is 1.97. The molecule has 2 fully saturated rings. The number of hydrogen-bond donors (Lipinski definition) is 0. The molecule has 0 bridgehead atoms. The van der Waals surface area contributed by atoms with Crippen molar-refractivity contribution in [3.8, 4) is 0 Å². The lowest BCUT2D eigenvalue weighted by molar-refractivity contribution is 0.208. The maximum absolute atomic E-state index is 12.0. The van der Waals surface area contributed by atoms with E-state index in [0.29, 0.717) is 0 Å². The Morgan fingerprint density at radius 2 is 1.14 bits per heavy atom. The highest BCUT2D eigenvalue weighted by molar-refractivity contribution is 7.89. The van der Waals surface area contributed by atoms with E-state index in [9.17, 15) is 18.0 Å². The molecule has 0 aromatic carbocycles. The predicted octanol–water partition coefficient (Wildman–Crippen LogP) is -0.977. The molecule has 0 atom stereocenters. The number of urea groups is 2. The third-order valence-electron chi connectivity index (χ3n) is 3.20. The zero-order valence-electron chi connectivity index (χ0n) is 12.1. The smallest absolute Gasteiger partial charge is 0.320 e. The molecule has 21 heavy (non-hydrogen) atoms. The summed E-state index contributed by atoms with van der Waals surface area (Å²) in [6, 6.07) is -0.686. The molecule has 116 valence electrons. The SMILES string of the molecule is CN1CC(=NS(=O)(=O)N=C2CN(C)C(=O)N2C)N(C)C1=O. The predicted molar refractivity (Wildman–Crippen MR) is 75.4 cm³/mol. The fraction of sp³-hybridized carbons (Fsp3) is 0.600. The van der Waals surface area contributed by atoms with Crippen LogP contribution in [0.15, 0.2) is 8.80 Å². The fourth-order valence-corrected chi connectivity index (χ4v) is 2.91. The first-order chi connectivity index (χ1) is 9.62. The van der Waals surface area contributed by atoms with E-state index in [0.717, 1.165) is 9.80 Å². The molecule has 0 saturated carbocycles. The van der Waals surface area contributed by atoms with E-state index < -0.39 is 10.2 Å². The molecule has 2 saturated heterocycles. The van der Waals surface area contributed by atoms with Gasteiger partial charge in [-0.25, -0.2) is 9.59 Å². The zero-order valence-corrected chi connectivity index (χ0v) is 13.0. The lowest BCUT2D eigenvalue weighted by atomic mass is 10.6. The summed E-state index contributed by atoms with van der Waals surface area (Å²) in [5.41, 5.74) is 0. The maximum atomic E-state index is 12.0. The van der Waals surface area contributed by atoms with E-state index in [-0.39, 0.29) is 36.8 Å². The summed E-state index contributed by atoms with van der Waals surface area (Å²) in [6.07, 6.45) is 0. The number of amidine groups is 2. The Kier molecular flexibility index (Phi) is 3.61. The molecule has 0 unspecified atom stereocenters. The van der Waals surface area contributed by atoms with Gasteiger partial charge in [0.2, 0.25) is 0 Å². The number of hydrogen-bond acceptors (Lipinski definition) is 4. The topological polar surface area (TPSA) is 106 Å². The summed E-state index contributed by atoms with van der Waals surface area (Å²) >= 11 is 0. The first-order valence-electron chi connectivity index (χ1n) is 6.02. The zero-order chi connectivity index (χ0) is 15.9. The first kappa shape index (κ1) is 15.2. The third-order valence-corrected chi connectivity index (χ3v) is 4.08. The monoisotopic (exact) mass is 316 g/mol. The van der Waals surface area contributed by atoms with Gasteiger partial charge < -0.3 is 9.80 Å². The van der Waals surface area contributed by atoms with E-state index in [2.05, 4.69) is 8.80 Å². The van der Waals surface area contributed by atoms with E-state index in [1.807, 2.05) is 0 Å². The minimum absolute atomic E-state index is 0.0900. The van der Waals surface area contributed by atoms with Crippen molar-refractivity contribution in [2.45, 2.75) is 0 Å². The van der Waals surface area contributed by atoms with Crippen LogP contribution in [0.25, 0.3) is 0 Å². The molecule has 4 amide bonds. The van der Waals surface area contributed by atoms with Crippen molar-refractivity contribution >= 4 is 33.9 Å². The Labute approximate surface area is 122 Å². The average Bonchev–Trinajstić information content (AvgIpc) is 2.75. The van der Waals surface area contributed by atoms with Crippen LogP contribution in [-0.4, -0.2) is 93.0 Å². The second-order valence-corrected chi connectivity index (χ2v) is 6.12. The van der Waals surface area contributed by atoms with Crippen LogP contribution in [0.1, 0.15) is 0 Å². The van der Waals surface area contributed by atoms with E-state index in [1.165, 1.54) is 38.0 Å². The van der Waals surface area contributed by atoms with Gasteiger partial charge in [-0.15, -0.1) is 8.80 Å². The molecule has 0 N–H and O–H groups in total.